The second-order valence-electron chi connectivity index (χ2n) is 9.52. The first-order chi connectivity index (χ1) is 16.0. The van der Waals surface area contributed by atoms with Gasteiger partial charge in [-0.2, -0.15) is 0 Å². The van der Waals surface area contributed by atoms with Gasteiger partial charge in [-0.05, 0) is 73.6 Å². The van der Waals surface area contributed by atoms with Crippen molar-refractivity contribution in [1.29, 1.82) is 0 Å². The maximum absolute atomic E-state index is 13.4. The number of carbonyl (C=O) groups is 1. The summed E-state index contributed by atoms with van der Waals surface area (Å²) in [5.41, 5.74) is 7.29. The summed E-state index contributed by atoms with van der Waals surface area (Å²) in [7, 11) is 0. The predicted octanol–water partition coefficient (Wildman–Crippen LogP) is 3.89. The Labute approximate surface area is 194 Å². The maximum Gasteiger partial charge on any atom is 0.255 e. The summed E-state index contributed by atoms with van der Waals surface area (Å²) in [6, 6.07) is 2.67. The smallest absolute Gasteiger partial charge is 0.255 e. The minimum absolute atomic E-state index is 0.0273. The van der Waals surface area contributed by atoms with Crippen molar-refractivity contribution in [2.24, 2.45) is 0 Å². The van der Waals surface area contributed by atoms with Crippen LogP contribution in [-0.2, 0) is 4.79 Å². The minimum Gasteiger partial charge on any atom is -0.368 e. The Morgan fingerprint density at radius 1 is 1.12 bits per heavy atom. The van der Waals surface area contributed by atoms with Crippen LogP contribution in [0.4, 0.5) is 0 Å². The average Bonchev–Trinajstić information content (AvgIpc) is 3.57. The van der Waals surface area contributed by atoms with Gasteiger partial charge in [0.2, 0.25) is 0 Å². The number of aromatic nitrogens is 2. The molecular weight excluding hydrogens is 410 g/mol. The van der Waals surface area contributed by atoms with Crippen molar-refractivity contribution in [2.45, 2.75) is 38.6 Å². The highest BCUT2D eigenvalue weighted by Gasteiger charge is 2.28. The van der Waals surface area contributed by atoms with Gasteiger partial charge in [0.1, 0.15) is 5.65 Å². The Morgan fingerprint density at radius 3 is 2.79 bits per heavy atom. The highest BCUT2D eigenvalue weighted by Crippen LogP contribution is 2.42. The number of fused-ring (bicyclic) bond motifs is 2. The molecule has 2 fully saturated rings. The Morgan fingerprint density at radius 2 is 1.97 bits per heavy atom. The number of hydrogen-bond acceptors (Lipinski definition) is 4. The fourth-order valence-corrected chi connectivity index (χ4v) is 4.96. The standard InChI is InChI=1S/C27H29N5O/c1-18-14-30(11-10-28-18)24-9-8-23-5-3-4-21(13-26(33)32(23)17-24)22-12-25(20-6-7-20)27-29-19(2)15-31(27)16-22/h3-5,8-9,12-13,15-18,20,28H,6-7,10-11,14H2,1-2H3/b4-3+,21-13+,23-5+/t18-/m1/s1. The molecule has 0 radical (unpaired) electrons. The molecule has 1 aliphatic carbocycles. The first-order valence-electron chi connectivity index (χ1n) is 11.9. The van der Waals surface area contributed by atoms with Gasteiger partial charge in [0, 0.05) is 56.0 Å². The largest absolute Gasteiger partial charge is 0.368 e. The van der Waals surface area contributed by atoms with E-state index in [1.54, 1.807) is 11.0 Å². The van der Waals surface area contributed by atoms with E-state index in [0.29, 0.717) is 12.0 Å². The number of carbonyl (C=O) groups excluding carboxylic acids is 1. The van der Waals surface area contributed by atoms with Crippen LogP contribution in [0.1, 0.15) is 42.5 Å². The van der Waals surface area contributed by atoms with Gasteiger partial charge in [-0.15, -0.1) is 0 Å². The predicted molar refractivity (Wildman–Crippen MR) is 130 cm³/mol. The monoisotopic (exact) mass is 439 g/mol. The first-order valence-corrected chi connectivity index (χ1v) is 11.9. The van der Waals surface area contributed by atoms with Crippen molar-refractivity contribution in [2.75, 3.05) is 19.6 Å². The normalized spacial score (nSPS) is 27.3. The van der Waals surface area contributed by atoms with E-state index in [-0.39, 0.29) is 5.91 Å². The van der Waals surface area contributed by atoms with Crippen molar-refractivity contribution in [3.63, 3.8) is 0 Å². The molecule has 2 aromatic heterocycles. The lowest BCUT2D eigenvalue weighted by atomic mass is 10.0. The molecule has 0 bridgehead atoms. The van der Waals surface area contributed by atoms with Crippen molar-refractivity contribution in [1.82, 2.24) is 24.5 Å². The van der Waals surface area contributed by atoms with Crippen molar-refractivity contribution in [3.8, 4) is 0 Å². The Balaban J connectivity index is 1.36. The highest BCUT2D eigenvalue weighted by molar-refractivity contribution is 6.00. The van der Waals surface area contributed by atoms with Crippen LogP contribution < -0.4 is 5.32 Å². The van der Waals surface area contributed by atoms with Gasteiger partial charge in [-0.1, -0.05) is 12.2 Å². The number of amides is 1. The van der Waals surface area contributed by atoms with E-state index in [1.807, 2.05) is 37.4 Å². The molecule has 3 aliphatic heterocycles. The van der Waals surface area contributed by atoms with Gasteiger partial charge in [-0.25, -0.2) is 4.98 Å². The molecule has 6 heteroatoms. The zero-order valence-electron chi connectivity index (χ0n) is 19.2. The Hall–Kier alpha value is -3.38. The van der Waals surface area contributed by atoms with E-state index < -0.39 is 0 Å². The molecule has 1 saturated heterocycles. The zero-order valence-corrected chi connectivity index (χ0v) is 19.2. The second-order valence-corrected chi connectivity index (χ2v) is 9.52. The molecule has 168 valence electrons. The number of hydrogen-bond donors (Lipinski definition) is 1. The average molecular weight is 440 g/mol. The third-order valence-electron chi connectivity index (χ3n) is 6.81. The number of rotatable bonds is 3. The van der Waals surface area contributed by atoms with Crippen molar-refractivity contribution >= 4 is 17.1 Å². The molecule has 1 amide bonds. The number of allylic oxidation sites excluding steroid dienone is 6. The number of imidazole rings is 1. The molecule has 0 unspecified atom stereocenters. The third kappa shape index (κ3) is 3.85. The maximum atomic E-state index is 13.4. The molecule has 6 nitrogen and oxygen atoms in total. The van der Waals surface area contributed by atoms with Crippen LogP contribution >= 0.6 is 0 Å². The first kappa shape index (κ1) is 20.2. The molecule has 6 rings (SSSR count). The molecule has 0 spiro atoms. The van der Waals surface area contributed by atoms with Crippen LogP contribution in [0.5, 0.6) is 0 Å². The van der Waals surface area contributed by atoms with Gasteiger partial charge in [0.25, 0.3) is 5.91 Å². The van der Waals surface area contributed by atoms with E-state index in [9.17, 15) is 4.79 Å². The van der Waals surface area contributed by atoms with Gasteiger partial charge in [0.05, 0.1) is 11.4 Å². The summed E-state index contributed by atoms with van der Waals surface area (Å²) < 4.78 is 2.12. The number of pyridine rings is 1. The number of aryl methyl sites for hydroxylation is 1. The van der Waals surface area contributed by atoms with Crippen LogP contribution in [0.3, 0.4) is 0 Å². The molecule has 2 aromatic rings. The molecule has 4 aliphatic rings. The zero-order chi connectivity index (χ0) is 22.5. The van der Waals surface area contributed by atoms with Gasteiger partial charge >= 0.3 is 0 Å². The third-order valence-corrected chi connectivity index (χ3v) is 6.81. The van der Waals surface area contributed by atoms with Crippen LogP contribution in [0.2, 0.25) is 0 Å². The van der Waals surface area contributed by atoms with Crippen LogP contribution in [0.15, 0.2) is 72.5 Å². The highest BCUT2D eigenvalue weighted by atomic mass is 16.2. The van der Waals surface area contributed by atoms with Crippen molar-refractivity contribution in [3.05, 3.63) is 89.3 Å². The van der Waals surface area contributed by atoms with Gasteiger partial charge in [-0.3, -0.25) is 9.69 Å². The van der Waals surface area contributed by atoms with Crippen LogP contribution in [0.25, 0.3) is 11.2 Å². The van der Waals surface area contributed by atoms with Crippen LogP contribution in [0, 0.1) is 6.92 Å². The molecular formula is C27H29N5O. The molecule has 1 saturated carbocycles. The summed E-state index contributed by atoms with van der Waals surface area (Å²) in [5, 5.41) is 3.48. The Kier molecular flexibility index (Phi) is 4.84. The number of nitrogens with zero attached hydrogens (tertiary/aromatic N) is 4. The summed E-state index contributed by atoms with van der Waals surface area (Å²) in [4.78, 5) is 22.3. The molecule has 1 N–H and O–H groups in total. The molecule has 33 heavy (non-hydrogen) atoms. The van der Waals surface area contributed by atoms with Crippen LogP contribution in [-0.4, -0.2) is 50.8 Å². The summed E-state index contributed by atoms with van der Waals surface area (Å²) in [5.74, 6) is 0.550. The van der Waals surface area contributed by atoms with E-state index in [1.165, 1.54) is 18.4 Å². The second kappa shape index (κ2) is 7.89. The summed E-state index contributed by atoms with van der Waals surface area (Å²) >= 11 is 0. The molecule has 5 heterocycles. The lowest BCUT2D eigenvalue weighted by molar-refractivity contribution is -0.122. The van der Waals surface area contributed by atoms with Crippen molar-refractivity contribution < 1.29 is 4.79 Å². The fraction of sp³-hybridized carbons (Fsp3) is 0.333. The quantitative estimate of drug-likeness (QED) is 0.788. The van der Waals surface area contributed by atoms with E-state index in [0.717, 1.165) is 53.5 Å². The van der Waals surface area contributed by atoms with E-state index >= 15 is 0 Å². The van der Waals surface area contributed by atoms with E-state index in [2.05, 4.69) is 46.1 Å². The lowest BCUT2D eigenvalue weighted by Crippen LogP contribution is -2.48. The molecule has 0 aromatic carbocycles. The molecule has 1 atom stereocenters. The van der Waals surface area contributed by atoms with Gasteiger partial charge < -0.3 is 14.6 Å². The summed E-state index contributed by atoms with van der Waals surface area (Å²) in [6.45, 7) is 7.06. The number of piperazine rings is 1. The fourth-order valence-electron chi connectivity index (χ4n) is 4.96. The van der Waals surface area contributed by atoms with Gasteiger partial charge in [0.15, 0.2) is 0 Å². The summed E-state index contributed by atoms with van der Waals surface area (Å²) in [6.07, 6.45) is 20.6. The minimum atomic E-state index is -0.0273. The Bertz CT molecular complexity index is 1290. The lowest BCUT2D eigenvalue weighted by Gasteiger charge is -2.36. The topological polar surface area (TPSA) is 52.9 Å². The number of nitrogens with one attached hydrogen (secondary N) is 1. The van der Waals surface area contributed by atoms with E-state index in [4.69, 9.17) is 4.98 Å². The SMILES string of the molecule is Cc1cn2cc(C3=C\C(=O)N4C=C(N5CCN[C@H](C)C5)C=C\C4=C/C=C/3)cc(C3CC3)c2n1.